The number of ether oxygens (including phenoxy) is 2. The van der Waals surface area contributed by atoms with Crippen LogP contribution in [0.2, 0.25) is 0 Å². The van der Waals surface area contributed by atoms with Crippen molar-refractivity contribution in [2.24, 2.45) is 0 Å². The summed E-state index contributed by atoms with van der Waals surface area (Å²) in [5, 5.41) is 3.33. The summed E-state index contributed by atoms with van der Waals surface area (Å²) in [5.41, 5.74) is 1.88. The zero-order valence-electron chi connectivity index (χ0n) is 14.8. The number of hydrogen-bond acceptors (Lipinski definition) is 5. The van der Waals surface area contributed by atoms with E-state index >= 15 is 0 Å². The van der Waals surface area contributed by atoms with Gasteiger partial charge in [-0.3, -0.25) is 0 Å². The maximum atomic E-state index is 11.4. The van der Waals surface area contributed by atoms with Gasteiger partial charge in [-0.05, 0) is 19.1 Å². The molecule has 6 nitrogen and oxygen atoms in total. The smallest absolute Gasteiger partial charge is 0.132 e. The number of hydrogen-bond donors (Lipinski definition) is 1. The Morgan fingerprint density at radius 1 is 1.40 bits per heavy atom. The van der Waals surface area contributed by atoms with Gasteiger partial charge in [0.25, 0.3) is 0 Å². The highest BCUT2D eigenvalue weighted by Gasteiger charge is 2.16. The highest BCUT2D eigenvalue weighted by molar-refractivity contribution is 7.91. The summed E-state index contributed by atoms with van der Waals surface area (Å²) >= 11 is -0.737. The molecule has 2 heterocycles. The Bertz CT molecular complexity index is 681. The molecule has 1 aromatic heterocycles. The van der Waals surface area contributed by atoms with Gasteiger partial charge in [-0.25, -0.2) is 4.98 Å². The molecule has 1 atom stereocenters. The number of nitrogens with zero attached hydrogens (tertiary/aromatic N) is 2. The van der Waals surface area contributed by atoms with Crippen molar-refractivity contribution in [1.29, 1.82) is 0 Å². The van der Waals surface area contributed by atoms with E-state index < -0.39 is 11.2 Å². The van der Waals surface area contributed by atoms with Crippen LogP contribution in [-0.4, -0.2) is 45.9 Å². The standard InChI is InChI=1S/C18H25N3O3S/c1-3-25(22)10-4-9-24-14-5-6-15(17(11-14)23-2)16-13-21-8-7-19-12-18(21)20-16/h5-6,11,13,19H,3-4,7-10,12H2,1-2H3. The van der Waals surface area contributed by atoms with Gasteiger partial charge in [0, 0.05) is 37.3 Å². The monoisotopic (exact) mass is 363 g/mol. The highest BCUT2D eigenvalue weighted by Crippen LogP contribution is 2.33. The van der Waals surface area contributed by atoms with Crippen molar-refractivity contribution in [2.45, 2.75) is 26.4 Å². The molecule has 1 aromatic carbocycles. The number of methoxy groups -OCH3 is 1. The molecule has 2 aromatic rings. The Hall–Kier alpha value is -1.70. The SMILES string of the molecule is CC[S+]([O-])CCCOc1ccc(-c2cn3c(n2)CNCC3)c(OC)c1. The second-order valence-corrected chi connectivity index (χ2v) is 7.77. The van der Waals surface area contributed by atoms with E-state index in [0.29, 0.717) is 18.1 Å². The van der Waals surface area contributed by atoms with Gasteiger partial charge in [-0.1, -0.05) is 11.2 Å². The Labute approximate surface area is 151 Å². The van der Waals surface area contributed by atoms with Crippen LogP contribution >= 0.6 is 0 Å². The zero-order chi connectivity index (χ0) is 17.6. The van der Waals surface area contributed by atoms with Gasteiger partial charge in [-0.2, -0.15) is 0 Å². The predicted octanol–water partition coefficient (Wildman–Crippen LogP) is 2.20. The molecule has 1 aliphatic rings. The van der Waals surface area contributed by atoms with Crippen molar-refractivity contribution in [3.8, 4) is 22.8 Å². The minimum Gasteiger partial charge on any atom is -0.616 e. The molecule has 0 spiro atoms. The molecule has 7 heteroatoms. The Morgan fingerprint density at radius 2 is 2.28 bits per heavy atom. The minimum absolute atomic E-state index is 0.554. The molecule has 3 rings (SSSR count). The van der Waals surface area contributed by atoms with Crippen LogP contribution in [0.5, 0.6) is 11.5 Å². The molecule has 1 unspecified atom stereocenters. The second-order valence-electron chi connectivity index (χ2n) is 5.91. The van der Waals surface area contributed by atoms with Crippen molar-refractivity contribution in [3.05, 3.63) is 30.2 Å². The van der Waals surface area contributed by atoms with E-state index in [2.05, 4.69) is 16.1 Å². The lowest BCUT2D eigenvalue weighted by Gasteiger charge is -2.13. The van der Waals surface area contributed by atoms with Gasteiger partial charge in [-0.15, -0.1) is 0 Å². The lowest BCUT2D eigenvalue weighted by Crippen LogP contribution is -2.27. The van der Waals surface area contributed by atoms with Crippen LogP contribution in [-0.2, 0) is 24.3 Å². The summed E-state index contributed by atoms with van der Waals surface area (Å²) in [7, 11) is 1.66. The molecule has 0 fully saturated rings. The molecule has 136 valence electrons. The topological polar surface area (TPSA) is 71.4 Å². The summed E-state index contributed by atoms with van der Waals surface area (Å²) in [6, 6.07) is 5.81. The quantitative estimate of drug-likeness (QED) is 0.575. The fraction of sp³-hybridized carbons (Fsp3) is 0.500. The Balaban J connectivity index is 1.68. The molecular weight excluding hydrogens is 338 g/mol. The van der Waals surface area contributed by atoms with Gasteiger partial charge < -0.3 is 23.9 Å². The molecule has 25 heavy (non-hydrogen) atoms. The number of nitrogens with one attached hydrogen (secondary N) is 1. The first kappa shape index (κ1) is 18.1. The van der Waals surface area contributed by atoms with Gasteiger partial charge >= 0.3 is 0 Å². The third kappa shape index (κ3) is 4.48. The maximum absolute atomic E-state index is 11.4. The molecule has 0 amide bonds. The average molecular weight is 363 g/mol. The van der Waals surface area contributed by atoms with Gasteiger partial charge in [0.1, 0.15) is 28.8 Å². The second kappa shape index (κ2) is 8.60. The van der Waals surface area contributed by atoms with Gasteiger partial charge in [0.15, 0.2) is 0 Å². The lowest BCUT2D eigenvalue weighted by atomic mass is 10.1. The molecule has 1 N–H and O–H groups in total. The van der Waals surface area contributed by atoms with Crippen molar-refractivity contribution >= 4 is 11.2 Å². The lowest BCUT2D eigenvalue weighted by molar-refractivity contribution is 0.315. The van der Waals surface area contributed by atoms with Gasteiger partial charge in [0.05, 0.1) is 26.0 Å². The van der Waals surface area contributed by atoms with Crippen LogP contribution in [0, 0.1) is 0 Å². The summed E-state index contributed by atoms with van der Waals surface area (Å²) in [6.45, 7) is 5.19. The normalized spacial score (nSPS) is 14.8. The third-order valence-corrected chi connectivity index (χ3v) is 5.62. The Kier molecular flexibility index (Phi) is 6.23. The predicted molar refractivity (Wildman–Crippen MR) is 99.6 cm³/mol. The van der Waals surface area contributed by atoms with Crippen molar-refractivity contribution in [3.63, 3.8) is 0 Å². The van der Waals surface area contributed by atoms with E-state index in [4.69, 9.17) is 14.5 Å². The highest BCUT2D eigenvalue weighted by atomic mass is 32.2. The first-order valence-corrected chi connectivity index (χ1v) is 10.1. The van der Waals surface area contributed by atoms with E-state index in [1.165, 1.54) is 0 Å². The average Bonchev–Trinajstić information content (AvgIpc) is 3.08. The van der Waals surface area contributed by atoms with E-state index in [1.54, 1.807) is 7.11 Å². The summed E-state index contributed by atoms with van der Waals surface area (Å²) in [5.74, 6) is 3.94. The molecule has 0 radical (unpaired) electrons. The fourth-order valence-corrected chi connectivity index (χ4v) is 3.57. The summed E-state index contributed by atoms with van der Waals surface area (Å²) in [6.07, 6.45) is 2.86. The van der Waals surface area contributed by atoms with Crippen LogP contribution < -0.4 is 14.8 Å². The van der Waals surface area contributed by atoms with Crippen molar-refractivity contribution in [1.82, 2.24) is 14.9 Å². The van der Waals surface area contributed by atoms with E-state index in [-0.39, 0.29) is 0 Å². The molecule has 0 saturated carbocycles. The number of fused-ring (bicyclic) bond motifs is 1. The first-order chi connectivity index (χ1) is 12.2. The largest absolute Gasteiger partial charge is 0.616 e. The van der Waals surface area contributed by atoms with Crippen LogP contribution in [0.3, 0.4) is 0 Å². The van der Waals surface area contributed by atoms with Crippen LogP contribution in [0.1, 0.15) is 19.2 Å². The number of imidazole rings is 1. The molecule has 0 bridgehead atoms. The zero-order valence-corrected chi connectivity index (χ0v) is 15.6. The molecule has 0 aliphatic carbocycles. The van der Waals surface area contributed by atoms with Gasteiger partial charge in [0.2, 0.25) is 0 Å². The molecular formula is C18H25N3O3S. The summed E-state index contributed by atoms with van der Waals surface area (Å²) < 4.78 is 24.9. The first-order valence-electron chi connectivity index (χ1n) is 8.64. The summed E-state index contributed by atoms with van der Waals surface area (Å²) in [4.78, 5) is 4.71. The van der Waals surface area contributed by atoms with Crippen LogP contribution in [0.15, 0.2) is 24.4 Å². The third-order valence-electron chi connectivity index (χ3n) is 4.23. The maximum Gasteiger partial charge on any atom is 0.132 e. The molecule has 0 saturated heterocycles. The fourth-order valence-electron chi connectivity index (χ4n) is 2.85. The Morgan fingerprint density at radius 3 is 3.04 bits per heavy atom. The van der Waals surface area contributed by atoms with Crippen LogP contribution in [0.4, 0.5) is 0 Å². The van der Waals surface area contributed by atoms with E-state index in [1.807, 2.05) is 25.1 Å². The number of rotatable bonds is 8. The number of benzene rings is 1. The van der Waals surface area contributed by atoms with Crippen molar-refractivity contribution < 1.29 is 14.0 Å². The minimum atomic E-state index is -0.737. The number of aromatic nitrogens is 2. The van der Waals surface area contributed by atoms with Crippen LogP contribution in [0.25, 0.3) is 11.3 Å². The van der Waals surface area contributed by atoms with E-state index in [9.17, 15) is 4.55 Å². The van der Waals surface area contributed by atoms with E-state index in [0.717, 1.165) is 54.6 Å². The molecule has 1 aliphatic heterocycles. The van der Waals surface area contributed by atoms with Crippen molar-refractivity contribution in [2.75, 3.05) is 31.8 Å².